The summed E-state index contributed by atoms with van der Waals surface area (Å²) in [7, 11) is -3.89. The van der Waals surface area contributed by atoms with Crippen molar-refractivity contribution in [3.05, 3.63) is 18.0 Å². The zero-order valence-electron chi connectivity index (χ0n) is 11.9. The Balaban J connectivity index is 3.27. The van der Waals surface area contributed by atoms with Crippen molar-refractivity contribution in [1.29, 1.82) is 0 Å². The number of nitrogens with zero attached hydrogens (tertiary/aromatic N) is 1. The van der Waals surface area contributed by atoms with E-state index >= 15 is 0 Å². The van der Waals surface area contributed by atoms with Crippen LogP contribution in [0.25, 0.3) is 0 Å². The van der Waals surface area contributed by atoms with Crippen LogP contribution in [-0.2, 0) is 10.0 Å². The Bertz CT molecular complexity index is 601. The van der Waals surface area contributed by atoms with E-state index in [1.807, 2.05) is 0 Å². The van der Waals surface area contributed by atoms with Crippen molar-refractivity contribution in [3.63, 3.8) is 0 Å². The molecule has 3 N–H and O–H groups in total. The smallest absolute Gasteiger partial charge is 0.352 e. The first kappa shape index (κ1) is 16.7. The molecule has 0 aromatic carbocycles. The topological polar surface area (TPSA) is 109 Å². The van der Waals surface area contributed by atoms with Crippen LogP contribution in [0.4, 0.5) is 0 Å². The molecule has 1 rings (SSSR count). The zero-order valence-corrected chi connectivity index (χ0v) is 12.7. The minimum Gasteiger partial charge on any atom is -0.477 e. The first-order valence-corrected chi connectivity index (χ1v) is 7.58. The first-order chi connectivity index (χ1) is 9.00. The fourth-order valence-corrected chi connectivity index (χ4v) is 3.08. The summed E-state index contributed by atoms with van der Waals surface area (Å²) in [4.78, 5) is 11.0. The summed E-state index contributed by atoms with van der Waals surface area (Å²) in [6, 6.07) is 0.925. The van der Waals surface area contributed by atoms with Gasteiger partial charge in [0.2, 0.25) is 10.0 Å². The largest absolute Gasteiger partial charge is 0.477 e. The number of aliphatic hydroxyl groups excluding tert-OH is 1. The second-order valence-electron chi connectivity index (χ2n) is 5.51. The Morgan fingerprint density at radius 2 is 2.00 bits per heavy atom. The molecule has 114 valence electrons. The predicted octanol–water partition coefficient (Wildman–Crippen LogP) is 0.816. The molecular weight excluding hydrogens is 284 g/mol. The summed E-state index contributed by atoms with van der Waals surface area (Å²) in [6.07, 6.45) is 1.28. The summed E-state index contributed by atoms with van der Waals surface area (Å²) in [5.41, 5.74) is -1.12. The summed E-state index contributed by atoms with van der Waals surface area (Å²) >= 11 is 0. The van der Waals surface area contributed by atoms with E-state index < -0.39 is 21.5 Å². The maximum atomic E-state index is 12.2. The van der Waals surface area contributed by atoms with Crippen molar-refractivity contribution >= 4 is 16.0 Å². The predicted molar refractivity (Wildman–Crippen MR) is 73.3 cm³/mol. The van der Waals surface area contributed by atoms with Crippen LogP contribution in [0, 0.1) is 0 Å². The molecule has 0 aliphatic rings. The van der Waals surface area contributed by atoms with Crippen LogP contribution in [0.1, 0.15) is 44.2 Å². The highest BCUT2D eigenvalue weighted by molar-refractivity contribution is 7.89. The van der Waals surface area contributed by atoms with Gasteiger partial charge in [-0.1, -0.05) is 0 Å². The molecule has 1 aromatic heterocycles. The number of carboxylic acid groups (broad SMARTS) is 1. The van der Waals surface area contributed by atoms with Crippen molar-refractivity contribution in [2.45, 2.75) is 44.2 Å². The molecule has 1 aromatic rings. The van der Waals surface area contributed by atoms with E-state index in [9.17, 15) is 13.2 Å². The fourth-order valence-electron chi connectivity index (χ4n) is 1.65. The van der Waals surface area contributed by atoms with Gasteiger partial charge in [0, 0.05) is 12.2 Å². The molecule has 0 aliphatic heterocycles. The second-order valence-corrected chi connectivity index (χ2v) is 7.20. The number of carbonyl (C=O) groups is 1. The fraction of sp³-hybridized carbons (Fsp3) is 0.583. The Hall–Kier alpha value is -1.38. The Morgan fingerprint density at radius 1 is 1.45 bits per heavy atom. The van der Waals surface area contributed by atoms with E-state index in [1.165, 1.54) is 24.6 Å². The van der Waals surface area contributed by atoms with Crippen LogP contribution in [-0.4, -0.2) is 41.3 Å². The molecule has 1 heterocycles. The molecule has 0 spiro atoms. The molecule has 0 radical (unpaired) electrons. The number of aromatic nitrogens is 1. The van der Waals surface area contributed by atoms with Gasteiger partial charge in [-0.3, -0.25) is 0 Å². The molecule has 8 heteroatoms. The number of sulfonamides is 1. The summed E-state index contributed by atoms with van der Waals surface area (Å²) in [5, 5.41) is 18.2. The van der Waals surface area contributed by atoms with Crippen LogP contribution in [0.5, 0.6) is 0 Å². The summed E-state index contributed by atoms with van der Waals surface area (Å²) in [5.74, 6) is -1.19. The van der Waals surface area contributed by atoms with Crippen LogP contribution in [0.3, 0.4) is 0 Å². The molecule has 7 nitrogen and oxygen atoms in total. The lowest BCUT2D eigenvalue weighted by atomic mass is 10.1. The maximum absolute atomic E-state index is 12.2. The van der Waals surface area contributed by atoms with Crippen molar-refractivity contribution in [3.8, 4) is 0 Å². The number of hydrogen-bond acceptors (Lipinski definition) is 4. The van der Waals surface area contributed by atoms with Gasteiger partial charge in [0.1, 0.15) is 10.6 Å². The van der Waals surface area contributed by atoms with Crippen LogP contribution in [0.15, 0.2) is 17.2 Å². The lowest BCUT2D eigenvalue weighted by molar-refractivity contribution is 0.0683. The molecule has 0 bridgehead atoms. The molecule has 0 atom stereocenters. The minimum absolute atomic E-state index is 0.0952. The Morgan fingerprint density at radius 3 is 2.35 bits per heavy atom. The van der Waals surface area contributed by atoms with E-state index in [-0.39, 0.29) is 23.2 Å². The van der Waals surface area contributed by atoms with Crippen molar-refractivity contribution in [1.82, 2.24) is 9.29 Å². The first-order valence-electron chi connectivity index (χ1n) is 6.10. The van der Waals surface area contributed by atoms with Gasteiger partial charge in [0.15, 0.2) is 0 Å². The SMILES string of the molecule is CC(C)n1cc(S(=O)(=O)NC(C)(C)CO)cc1C(=O)O. The molecule has 0 fully saturated rings. The third-order valence-electron chi connectivity index (χ3n) is 2.72. The highest BCUT2D eigenvalue weighted by Gasteiger charge is 2.28. The number of rotatable bonds is 6. The van der Waals surface area contributed by atoms with Crippen LogP contribution in [0.2, 0.25) is 0 Å². The average molecular weight is 304 g/mol. The van der Waals surface area contributed by atoms with Gasteiger partial charge in [0.25, 0.3) is 0 Å². The van der Waals surface area contributed by atoms with Crippen molar-refractivity contribution < 1.29 is 23.4 Å². The van der Waals surface area contributed by atoms with Gasteiger partial charge < -0.3 is 14.8 Å². The number of nitrogens with one attached hydrogen (secondary N) is 1. The number of aromatic carboxylic acids is 1. The van der Waals surface area contributed by atoms with E-state index in [0.29, 0.717) is 0 Å². The normalized spacial score (nSPS) is 12.9. The third kappa shape index (κ3) is 3.59. The summed E-state index contributed by atoms with van der Waals surface area (Å²) < 4.78 is 28.1. The number of carboxylic acids is 1. The molecule has 0 amide bonds. The molecule has 0 aliphatic carbocycles. The molecular formula is C12H20N2O5S. The van der Waals surface area contributed by atoms with Gasteiger partial charge in [-0.15, -0.1) is 0 Å². The molecule has 0 saturated carbocycles. The van der Waals surface area contributed by atoms with Crippen molar-refractivity contribution in [2.24, 2.45) is 0 Å². The monoisotopic (exact) mass is 304 g/mol. The highest BCUT2D eigenvalue weighted by Crippen LogP contribution is 2.20. The Kier molecular flexibility index (Phi) is 4.62. The van der Waals surface area contributed by atoms with Gasteiger partial charge in [0.05, 0.1) is 12.1 Å². The summed E-state index contributed by atoms with van der Waals surface area (Å²) in [6.45, 7) is 6.20. The van der Waals surface area contributed by atoms with E-state index in [1.54, 1.807) is 13.8 Å². The average Bonchev–Trinajstić information content (AvgIpc) is 2.73. The van der Waals surface area contributed by atoms with Crippen LogP contribution < -0.4 is 4.72 Å². The number of aliphatic hydroxyl groups is 1. The van der Waals surface area contributed by atoms with Crippen molar-refractivity contribution in [2.75, 3.05) is 6.61 Å². The quantitative estimate of drug-likeness (QED) is 0.721. The van der Waals surface area contributed by atoms with E-state index in [2.05, 4.69) is 4.72 Å². The zero-order chi connectivity index (χ0) is 15.7. The van der Waals surface area contributed by atoms with Crippen LogP contribution >= 0.6 is 0 Å². The van der Waals surface area contributed by atoms with E-state index in [0.717, 1.165) is 6.07 Å². The standard InChI is InChI=1S/C12H20N2O5S/c1-8(2)14-6-9(5-10(14)11(16)17)20(18,19)13-12(3,4)7-15/h5-6,8,13,15H,7H2,1-4H3,(H,16,17). The minimum atomic E-state index is -3.89. The van der Waals surface area contributed by atoms with E-state index in [4.69, 9.17) is 10.2 Å². The lowest BCUT2D eigenvalue weighted by Crippen LogP contribution is -2.46. The second kappa shape index (κ2) is 5.55. The highest BCUT2D eigenvalue weighted by atomic mass is 32.2. The third-order valence-corrected chi connectivity index (χ3v) is 4.38. The molecule has 0 saturated heterocycles. The number of hydrogen-bond donors (Lipinski definition) is 3. The lowest BCUT2D eigenvalue weighted by Gasteiger charge is -2.22. The molecule has 0 unspecified atom stereocenters. The molecule has 20 heavy (non-hydrogen) atoms. The van der Waals surface area contributed by atoms with Gasteiger partial charge in [-0.2, -0.15) is 0 Å². The maximum Gasteiger partial charge on any atom is 0.352 e. The van der Waals surface area contributed by atoms with Gasteiger partial charge in [-0.05, 0) is 33.8 Å². The van der Waals surface area contributed by atoms with Gasteiger partial charge in [-0.25, -0.2) is 17.9 Å². The Labute approximate surface area is 118 Å². The van der Waals surface area contributed by atoms with Gasteiger partial charge >= 0.3 is 5.97 Å².